The van der Waals surface area contributed by atoms with Gasteiger partial charge in [0.1, 0.15) is 11.9 Å². The Morgan fingerprint density at radius 3 is 2.81 bits per heavy atom. The number of carbonyl (C=O) groups excluding carboxylic acids is 1. The van der Waals surface area contributed by atoms with E-state index in [2.05, 4.69) is 26.0 Å². The molecule has 10 heteroatoms. The van der Waals surface area contributed by atoms with Gasteiger partial charge in [-0.15, -0.1) is 4.99 Å². The van der Waals surface area contributed by atoms with Crippen LogP contribution in [0, 0.1) is 5.82 Å². The molecule has 0 spiro atoms. The van der Waals surface area contributed by atoms with Gasteiger partial charge < -0.3 is 10.6 Å². The maximum Gasteiger partial charge on any atom is 0.216 e. The van der Waals surface area contributed by atoms with Gasteiger partial charge in [-0.2, -0.15) is 15.4 Å². The highest BCUT2D eigenvalue weighted by atomic mass is 19.1. The summed E-state index contributed by atoms with van der Waals surface area (Å²) in [5.41, 5.74) is 3.75. The molecule has 162 valence electrons. The smallest absolute Gasteiger partial charge is 0.216 e. The Morgan fingerprint density at radius 1 is 1.26 bits per heavy atom. The van der Waals surface area contributed by atoms with Crippen LogP contribution in [0.25, 0.3) is 11.1 Å². The van der Waals surface area contributed by atoms with Crippen LogP contribution >= 0.6 is 0 Å². The number of anilines is 1. The first-order valence-electron chi connectivity index (χ1n) is 9.88. The summed E-state index contributed by atoms with van der Waals surface area (Å²) in [4.78, 5) is 21.3. The summed E-state index contributed by atoms with van der Waals surface area (Å²) in [7, 11) is 0. The lowest BCUT2D eigenvalue weighted by atomic mass is 10.0. The highest BCUT2D eigenvalue weighted by Gasteiger charge is 2.26. The molecule has 9 nitrogen and oxygen atoms in total. The Hall–Kier alpha value is -3.34. The van der Waals surface area contributed by atoms with Crippen LogP contribution in [0.5, 0.6) is 0 Å². The van der Waals surface area contributed by atoms with Crippen LogP contribution in [0.15, 0.2) is 48.7 Å². The van der Waals surface area contributed by atoms with Crippen molar-refractivity contribution in [2.45, 2.75) is 26.1 Å². The van der Waals surface area contributed by atoms with E-state index in [1.165, 1.54) is 18.1 Å². The van der Waals surface area contributed by atoms with Crippen molar-refractivity contribution in [2.75, 3.05) is 18.2 Å². The predicted octanol–water partition coefficient (Wildman–Crippen LogP) is 2.09. The summed E-state index contributed by atoms with van der Waals surface area (Å²) in [6.45, 7) is 3.42. The number of amides is 1. The molecular weight excluding hydrogens is 403 g/mol. The average molecular weight is 426 g/mol. The van der Waals surface area contributed by atoms with Crippen LogP contribution in [0.1, 0.15) is 18.2 Å². The van der Waals surface area contributed by atoms with E-state index in [1.807, 2.05) is 24.3 Å². The fourth-order valence-electron chi connectivity index (χ4n) is 3.20. The van der Waals surface area contributed by atoms with Gasteiger partial charge in [0.2, 0.25) is 5.91 Å². The summed E-state index contributed by atoms with van der Waals surface area (Å²) in [5.74, 6) is -0.502. The van der Waals surface area contributed by atoms with E-state index < -0.39 is 0 Å². The Kier molecular flexibility index (Phi) is 6.51. The summed E-state index contributed by atoms with van der Waals surface area (Å²) in [5, 5.41) is 17.7. The molecule has 0 radical (unpaired) electrons. The molecule has 1 saturated heterocycles. The van der Waals surface area contributed by atoms with E-state index >= 15 is 0 Å². The molecule has 31 heavy (non-hydrogen) atoms. The second kappa shape index (κ2) is 9.65. The fraction of sp³-hybridized carbons (Fsp3) is 0.286. The van der Waals surface area contributed by atoms with Crippen LogP contribution in [-0.4, -0.2) is 40.5 Å². The Balaban J connectivity index is 1.35. The Labute approximate surface area is 178 Å². The third-order valence-corrected chi connectivity index (χ3v) is 4.82. The number of aromatic amines is 1. The average Bonchev–Trinajstić information content (AvgIpc) is 3.45. The van der Waals surface area contributed by atoms with Crippen molar-refractivity contribution in [2.24, 2.45) is 0 Å². The minimum atomic E-state index is -0.358. The Bertz CT molecular complexity index is 1010. The summed E-state index contributed by atoms with van der Waals surface area (Å²) in [6, 6.07) is 12.6. The van der Waals surface area contributed by atoms with E-state index in [0.717, 1.165) is 16.8 Å². The van der Waals surface area contributed by atoms with Gasteiger partial charge in [-0.3, -0.25) is 4.79 Å². The maximum absolute atomic E-state index is 14.8. The van der Waals surface area contributed by atoms with Crippen LogP contribution < -0.4 is 15.7 Å². The number of rotatable bonds is 8. The molecular formula is C21H23FN6O3. The van der Waals surface area contributed by atoms with Crippen molar-refractivity contribution in [1.82, 2.24) is 26.0 Å². The lowest BCUT2D eigenvalue weighted by Gasteiger charge is -2.14. The molecule has 0 bridgehead atoms. The first kappa shape index (κ1) is 20.9. The molecule has 1 amide bonds. The van der Waals surface area contributed by atoms with E-state index in [-0.39, 0.29) is 17.8 Å². The van der Waals surface area contributed by atoms with Crippen molar-refractivity contribution in [3.63, 3.8) is 0 Å². The maximum atomic E-state index is 14.8. The predicted molar refractivity (Wildman–Crippen MR) is 111 cm³/mol. The minimum Gasteiger partial charge on any atom is -0.354 e. The SMILES string of the molecule is CC(=O)NCC1CN(c2ccc(-c3ccc(CNCc4cn[nH]n4)cc3)c(F)c2)OO1. The van der Waals surface area contributed by atoms with Crippen LogP contribution in [0.3, 0.4) is 0 Å². The molecule has 1 fully saturated rings. The molecule has 1 unspecified atom stereocenters. The zero-order valence-corrected chi connectivity index (χ0v) is 17.0. The molecule has 2 aromatic carbocycles. The number of nitrogens with one attached hydrogen (secondary N) is 3. The van der Waals surface area contributed by atoms with Crippen molar-refractivity contribution < 1.29 is 19.1 Å². The first-order chi connectivity index (χ1) is 15.1. The molecule has 0 aliphatic carbocycles. The second-order valence-corrected chi connectivity index (χ2v) is 7.22. The second-order valence-electron chi connectivity index (χ2n) is 7.22. The summed E-state index contributed by atoms with van der Waals surface area (Å²) >= 11 is 0. The minimum absolute atomic E-state index is 0.144. The van der Waals surface area contributed by atoms with Crippen molar-refractivity contribution >= 4 is 11.6 Å². The molecule has 0 saturated carbocycles. The molecule has 1 aromatic heterocycles. The third-order valence-electron chi connectivity index (χ3n) is 4.82. The largest absolute Gasteiger partial charge is 0.354 e. The van der Waals surface area contributed by atoms with Crippen LogP contribution in [0.2, 0.25) is 0 Å². The van der Waals surface area contributed by atoms with Gasteiger partial charge in [0, 0.05) is 38.2 Å². The molecule has 1 aliphatic rings. The topological polar surface area (TPSA) is 104 Å². The highest BCUT2D eigenvalue weighted by Crippen LogP contribution is 2.29. The number of halogens is 1. The standard InChI is InChI=1S/C21H23FN6O3/c1-14(29)24-12-19-13-28(31-30-19)18-6-7-20(21(22)8-18)16-4-2-15(3-5-16)9-23-10-17-11-25-27-26-17/h2-8,11,19,23H,9-10,12-13H2,1H3,(H,24,29)(H,25,26,27). The quantitative estimate of drug-likeness (QED) is 0.474. The summed E-state index contributed by atoms with van der Waals surface area (Å²) < 4.78 is 14.8. The first-order valence-corrected chi connectivity index (χ1v) is 9.88. The van der Waals surface area contributed by atoms with E-state index in [9.17, 15) is 9.18 Å². The van der Waals surface area contributed by atoms with Gasteiger partial charge in [0.25, 0.3) is 0 Å². The van der Waals surface area contributed by atoms with E-state index in [0.29, 0.717) is 37.4 Å². The van der Waals surface area contributed by atoms with Gasteiger partial charge in [0.15, 0.2) is 0 Å². The van der Waals surface area contributed by atoms with E-state index in [1.54, 1.807) is 18.3 Å². The van der Waals surface area contributed by atoms with Crippen molar-refractivity contribution in [1.29, 1.82) is 0 Å². The lowest BCUT2D eigenvalue weighted by molar-refractivity contribution is -0.281. The molecule has 2 heterocycles. The number of aromatic nitrogens is 3. The molecule has 3 aromatic rings. The zero-order valence-electron chi connectivity index (χ0n) is 17.0. The monoisotopic (exact) mass is 426 g/mol. The van der Waals surface area contributed by atoms with Gasteiger partial charge in [-0.05, 0) is 23.3 Å². The van der Waals surface area contributed by atoms with Gasteiger partial charge >= 0.3 is 0 Å². The Morgan fingerprint density at radius 2 is 2.10 bits per heavy atom. The molecule has 3 N–H and O–H groups in total. The number of carbonyl (C=O) groups is 1. The van der Waals surface area contributed by atoms with E-state index in [4.69, 9.17) is 9.88 Å². The number of H-pyrrole nitrogens is 1. The normalized spacial score (nSPS) is 15.9. The number of hydroxylamine groups is 1. The lowest BCUT2D eigenvalue weighted by Crippen LogP contribution is -2.33. The van der Waals surface area contributed by atoms with Crippen LogP contribution in [-0.2, 0) is 27.8 Å². The van der Waals surface area contributed by atoms with Gasteiger partial charge in [-0.25, -0.2) is 14.3 Å². The molecule has 1 aliphatic heterocycles. The van der Waals surface area contributed by atoms with Crippen molar-refractivity contribution in [3.8, 4) is 11.1 Å². The number of hydrogen-bond donors (Lipinski definition) is 3. The number of benzene rings is 2. The number of hydrogen-bond acceptors (Lipinski definition) is 7. The zero-order chi connectivity index (χ0) is 21.6. The van der Waals surface area contributed by atoms with Crippen molar-refractivity contribution in [3.05, 3.63) is 65.7 Å². The molecule has 1 atom stereocenters. The molecule has 4 rings (SSSR count). The van der Waals surface area contributed by atoms with Crippen LogP contribution in [0.4, 0.5) is 10.1 Å². The van der Waals surface area contributed by atoms with Gasteiger partial charge in [-0.1, -0.05) is 24.3 Å². The summed E-state index contributed by atoms with van der Waals surface area (Å²) in [6.07, 6.45) is 1.35. The highest BCUT2D eigenvalue weighted by molar-refractivity contribution is 5.72. The van der Waals surface area contributed by atoms with Gasteiger partial charge in [0.05, 0.1) is 24.1 Å². The fourth-order valence-corrected chi connectivity index (χ4v) is 3.20. The third kappa shape index (κ3) is 5.43. The number of nitrogens with zero attached hydrogens (tertiary/aromatic N) is 3.